The summed E-state index contributed by atoms with van der Waals surface area (Å²) < 4.78 is 5.33. The molecule has 0 spiro atoms. The van der Waals surface area contributed by atoms with Crippen molar-refractivity contribution in [3.63, 3.8) is 0 Å². The molecule has 2 aromatic carbocycles. The number of nitrogens with zero attached hydrogens (tertiary/aromatic N) is 2. The zero-order valence-electron chi connectivity index (χ0n) is 13.6. The van der Waals surface area contributed by atoms with Crippen LogP contribution in [0.2, 0.25) is 0 Å². The number of halogens is 1. The van der Waals surface area contributed by atoms with E-state index in [1.54, 1.807) is 19.2 Å². The van der Waals surface area contributed by atoms with E-state index in [9.17, 15) is 10.1 Å². The van der Waals surface area contributed by atoms with Crippen LogP contribution in [0.15, 0.2) is 48.5 Å². The van der Waals surface area contributed by atoms with Crippen LogP contribution in [0, 0.1) is 10.1 Å². The predicted octanol–water partition coefficient (Wildman–Crippen LogP) is 2.99. The summed E-state index contributed by atoms with van der Waals surface area (Å²) in [4.78, 5) is 12.7. The number of nitro benzene ring substituents is 1. The first-order valence-electron chi connectivity index (χ1n) is 7.41. The number of rotatable bonds is 8. The second-order valence-corrected chi connectivity index (χ2v) is 5.24. The van der Waals surface area contributed by atoms with Crippen LogP contribution in [0.1, 0.15) is 11.1 Å². The van der Waals surface area contributed by atoms with Crippen LogP contribution < -0.4 is 10.5 Å². The third-order valence-electron chi connectivity index (χ3n) is 3.56. The standard InChI is InChI=1S/C17H21N3O3.ClH/c1-23-17-8-7-16(20(21)22)11-15(17)13-19(10-9-18)12-14-5-3-2-4-6-14;/h2-8,11H,9-10,12-13,18H2,1H3;1H. The number of hydrogen-bond acceptors (Lipinski definition) is 5. The first-order chi connectivity index (χ1) is 11.1. The van der Waals surface area contributed by atoms with Crippen molar-refractivity contribution in [2.45, 2.75) is 13.1 Å². The highest BCUT2D eigenvalue weighted by Gasteiger charge is 2.14. The lowest BCUT2D eigenvalue weighted by molar-refractivity contribution is -0.385. The topological polar surface area (TPSA) is 81.6 Å². The fourth-order valence-electron chi connectivity index (χ4n) is 2.48. The fourth-order valence-corrected chi connectivity index (χ4v) is 2.48. The van der Waals surface area contributed by atoms with E-state index in [2.05, 4.69) is 4.90 Å². The number of hydrogen-bond donors (Lipinski definition) is 1. The van der Waals surface area contributed by atoms with E-state index in [0.717, 1.165) is 12.1 Å². The van der Waals surface area contributed by atoms with E-state index >= 15 is 0 Å². The van der Waals surface area contributed by atoms with Gasteiger partial charge in [0.1, 0.15) is 5.75 Å². The Balaban J connectivity index is 0.00000288. The summed E-state index contributed by atoms with van der Waals surface area (Å²) in [5.41, 5.74) is 7.72. The molecule has 0 unspecified atom stereocenters. The lowest BCUT2D eigenvalue weighted by atomic mass is 10.1. The molecule has 0 aliphatic carbocycles. The number of nitro groups is 1. The molecule has 0 aliphatic heterocycles. The van der Waals surface area contributed by atoms with E-state index in [1.165, 1.54) is 11.6 Å². The normalized spacial score (nSPS) is 10.3. The van der Waals surface area contributed by atoms with Crippen LogP contribution in [-0.4, -0.2) is 30.0 Å². The molecule has 0 aromatic heterocycles. The van der Waals surface area contributed by atoms with Gasteiger partial charge in [0.05, 0.1) is 12.0 Å². The second-order valence-electron chi connectivity index (χ2n) is 5.24. The van der Waals surface area contributed by atoms with Gasteiger partial charge in [0.25, 0.3) is 5.69 Å². The van der Waals surface area contributed by atoms with Crippen LogP contribution in [0.25, 0.3) is 0 Å². The van der Waals surface area contributed by atoms with Gasteiger partial charge in [-0.25, -0.2) is 0 Å². The average Bonchev–Trinajstić information content (AvgIpc) is 2.56. The smallest absolute Gasteiger partial charge is 0.270 e. The Morgan fingerprint density at radius 2 is 1.88 bits per heavy atom. The number of methoxy groups -OCH3 is 1. The minimum absolute atomic E-state index is 0. The van der Waals surface area contributed by atoms with Crippen molar-refractivity contribution in [2.24, 2.45) is 5.73 Å². The molecular weight excluding hydrogens is 330 g/mol. The van der Waals surface area contributed by atoms with Crippen molar-refractivity contribution in [2.75, 3.05) is 20.2 Å². The second kappa shape index (κ2) is 9.87. The summed E-state index contributed by atoms with van der Waals surface area (Å²) in [6.07, 6.45) is 0. The highest BCUT2D eigenvalue weighted by Crippen LogP contribution is 2.25. The Kier molecular flexibility index (Phi) is 8.18. The van der Waals surface area contributed by atoms with Crippen molar-refractivity contribution in [1.82, 2.24) is 4.90 Å². The Labute approximate surface area is 147 Å². The summed E-state index contributed by atoms with van der Waals surface area (Å²) >= 11 is 0. The van der Waals surface area contributed by atoms with Gasteiger partial charge in [-0.1, -0.05) is 30.3 Å². The van der Waals surface area contributed by atoms with Crippen LogP contribution >= 0.6 is 12.4 Å². The molecule has 0 atom stereocenters. The minimum Gasteiger partial charge on any atom is -0.496 e. The minimum atomic E-state index is -0.395. The molecule has 2 N–H and O–H groups in total. The Morgan fingerprint density at radius 3 is 2.46 bits per heavy atom. The van der Waals surface area contributed by atoms with E-state index < -0.39 is 4.92 Å². The number of ether oxygens (including phenoxy) is 1. The molecule has 2 aromatic rings. The van der Waals surface area contributed by atoms with Gasteiger partial charge in [-0.2, -0.15) is 0 Å². The van der Waals surface area contributed by atoms with E-state index in [0.29, 0.717) is 25.4 Å². The molecular formula is C17H22ClN3O3. The van der Waals surface area contributed by atoms with Crippen molar-refractivity contribution >= 4 is 18.1 Å². The molecule has 130 valence electrons. The molecule has 0 radical (unpaired) electrons. The summed E-state index contributed by atoms with van der Waals surface area (Å²) in [6, 6.07) is 14.7. The van der Waals surface area contributed by atoms with Gasteiger partial charge >= 0.3 is 0 Å². The Hall–Kier alpha value is -2.15. The van der Waals surface area contributed by atoms with Crippen molar-refractivity contribution in [3.8, 4) is 5.75 Å². The van der Waals surface area contributed by atoms with Crippen LogP contribution in [0.4, 0.5) is 5.69 Å². The highest BCUT2D eigenvalue weighted by molar-refractivity contribution is 5.85. The van der Waals surface area contributed by atoms with Crippen molar-refractivity contribution in [1.29, 1.82) is 0 Å². The molecule has 0 heterocycles. The van der Waals surface area contributed by atoms with E-state index in [-0.39, 0.29) is 18.1 Å². The summed E-state index contributed by atoms with van der Waals surface area (Å²) in [7, 11) is 1.56. The molecule has 0 bridgehead atoms. The SMILES string of the molecule is COc1ccc([N+](=O)[O-])cc1CN(CCN)Cc1ccccc1.Cl. The van der Waals surface area contributed by atoms with Gasteiger partial charge < -0.3 is 10.5 Å². The lowest BCUT2D eigenvalue weighted by Gasteiger charge is -2.22. The zero-order valence-corrected chi connectivity index (χ0v) is 14.4. The number of nitrogens with two attached hydrogens (primary N) is 1. The maximum Gasteiger partial charge on any atom is 0.270 e. The maximum absolute atomic E-state index is 11.0. The van der Waals surface area contributed by atoms with Crippen LogP contribution in [-0.2, 0) is 13.1 Å². The third kappa shape index (κ3) is 5.49. The third-order valence-corrected chi connectivity index (χ3v) is 3.56. The van der Waals surface area contributed by atoms with Crippen LogP contribution in [0.5, 0.6) is 5.75 Å². The first kappa shape index (κ1) is 19.9. The summed E-state index contributed by atoms with van der Waals surface area (Å²) in [6.45, 7) is 2.48. The largest absolute Gasteiger partial charge is 0.496 e. The van der Waals surface area contributed by atoms with Gasteiger partial charge in [-0.05, 0) is 11.6 Å². The highest BCUT2D eigenvalue weighted by atomic mass is 35.5. The van der Waals surface area contributed by atoms with Crippen molar-refractivity contribution < 1.29 is 9.66 Å². The van der Waals surface area contributed by atoms with Gasteiger partial charge in [0, 0.05) is 43.9 Å². The lowest BCUT2D eigenvalue weighted by Crippen LogP contribution is -2.28. The predicted molar refractivity (Wildman–Crippen MR) is 96.5 cm³/mol. The molecule has 6 nitrogen and oxygen atoms in total. The molecule has 0 saturated heterocycles. The fraction of sp³-hybridized carbons (Fsp3) is 0.294. The Bertz CT molecular complexity index is 653. The molecule has 7 heteroatoms. The van der Waals surface area contributed by atoms with Gasteiger partial charge in [0.15, 0.2) is 0 Å². The number of non-ortho nitro benzene ring substituents is 1. The first-order valence-corrected chi connectivity index (χ1v) is 7.41. The van der Waals surface area contributed by atoms with Gasteiger partial charge in [-0.15, -0.1) is 12.4 Å². The molecule has 24 heavy (non-hydrogen) atoms. The maximum atomic E-state index is 11.0. The summed E-state index contributed by atoms with van der Waals surface area (Å²) in [5, 5.41) is 11.0. The van der Waals surface area contributed by atoms with Gasteiger partial charge in [-0.3, -0.25) is 15.0 Å². The van der Waals surface area contributed by atoms with Gasteiger partial charge in [0.2, 0.25) is 0 Å². The average molecular weight is 352 g/mol. The molecule has 0 saturated carbocycles. The summed E-state index contributed by atoms with van der Waals surface area (Å²) in [5.74, 6) is 0.644. The molecule has 0 aliphatic rings. The zero-order chi connectivity index (χ0) is 16.7. The van der Waals surface area contributed by atoms with E-state index in [4.69, 9.17) is 10.5 Å². The number of benzene rings is 2. The quantitative estimate of drug-likeness (QED) is 0.584. The van der Waals surface area contributed by atoms with Crippen molar-refractivity contribution in [3.05, 3.63) is 69.8 Å². The van der Waals surface area contributed by atoms with Crippen LogP contribution in [0.3, 0.4) is 0 Å². The Morgan fingerprint density at radius 1 is 1.17 bits per heavy atom. The molecule has 2 rings (SSSR count). The molecule has 0 fully saturated rings. The monoisotopic (exact) mass is 351 g/mol. The molecule has 0 amide bonds. The van der Waals surface area contributed by atoms with E-state index in [1.807, 2.05) is 30.3 Å².